The molecule has 0 aromatic heterocycles. The standard InChI is InChI=1S/C17H24O7S/c1-13(18)14-6-8-16(15(12-14)7-9-17(19)20)23-10-4-3-5-11-24-25(2,21)22/h6,8,12H,3-5,7,9-11H2,1-2H3,(H,19,20). The lowest BCUT2D eigenvalue weighted by Crippen LogP contribution is -2.06. The summed E-state index contributed by atoms with van der Waals surface area (Å²) < 4.78 is 32.0. The van der Waals surface area contributed by atoms with E-state index >= 15 is 0 Å². The van der Waals surface area contributed by atoms with Gasteiger partial charge in [0.2, 0.25) is 0 Å². The van der Waals surface area contributed by atoms with Crippen LogP contribution in [0.2, 0.25) is 0 Å². The Kier molecular flexibility index (Phi) is 8.57. The van der Waals surface area contributed by atoms with Gasteiger partial charge in [-0.05, 0) is 56.4 Å². The molecular formula is C17H24O7S. The molecule has 8 heteroatoms. The largest absolute Gasteiger partial charge is 0.493 e. The van der Waals surface area contributed by atoms with E-state index in [4.69, 9.17) is 9.84 Å². The summed E-state index contributed by atoms with van der Waals surface area (Å²) in [5, 5.41) is 8.84. The van der Waals surface area contributed by atoms with Gasteiger partial charge in [0, 0.05) is 12.0 Å². The molecule has 140 valence electrons. The van der Waals surface area contributed by atoms with Crippen LogP contribution in [0.25, 0.3) is 0 Å². The lowest BCUT2D eigenvalue weighted by molar-refractivity contribution is -0.136. The molecule has 0 heterocycles. The quantitative estimate of drug-likeness (QED) is 0.341. The minimum absolute atomic E-state index is 0.0411. The van der Waals surface area contributed by atoms with Gasteiger partial charge in [-0.2, -0.15) is 8.42 Å². The van der Waals surface area contributed by atoms with E-state index in [2.05, 4.69) is 4.18 Å². The molecule has 0 aliphatic heterocycles. The van der Waals surface area contributed by atoms with Gasteiger partial charge >= 0.3 is 5.97 Å². The van der Waals surface area contributed by atoms with Crippen LogP contribution in [0.15, 0.2) is 18.2 Å². The third kappa shape index (κ3) is 9.21. The van der Waals surface area contributed by atoms with Crippen molar-refractivity contribution in [3.63, 3.8) is 0 Å². The maximum Gasteiger partial charge on any atom is 0.303 e. The zero-order chi connectivity index (χ0) is 18.9. The third-order valence-electron chi connectivity index (χ3n) is 3.42. The molecular weight excluding hydrogens is 348 g/mol. The molecule has 1 aromatic rings. The molecule has 0 aliphatic carbocycles. The van der Waals surface area contributed by atoms with Gasteiger partial charge < -0.3 is 9.84 Å². The summed E-state index contributed by atoms with van der Waals surface area (Å²) in [7, 11) is -3.40. The van der Waals surface area contributed by atoms with E-state index < -0.39 is 16.1 Å². The lowest BCUT2D eigenvalue weighted by atomic mass is 10.0. The smallest absolute Gasteiger partial charge is 0.303 e. The summed E-state index contributed by atoms with van der Waals surface area (Å²) in [6.07, 6.45) is 3.31. The first kappa shape index (κ1) is 21.1. The summed E-state index contributed by atoms with van der Waals surface area (Å²) >= 11 is 0. The monoisotopic (exact) mass is 372 g/mol. The molecule has 0 unspecified atom stereocenters. The number of unbranched alkanes of at least 4 members (excludes halogenated alkanes) is 2. The number of carbonyl (C=O) groups excluding carboxylic acids is 1. The number of rotatable bonds is 12. The Morgan fingerprint density at radius 3 is 2.40 bits per heavy atom. The predicted octanol–water partition coefficient (Wildman–Crippen LogP) is 2.43. The average molecular weight is 372 g/mol. The minimum atomic E-state index is -3.40. The summed E-state index contributed by atoms with van der Waals surface area (Å²) in [5.74, 6) is -0.433. The molecule has 0 bridgehead atoms. The van der Waals surface area contributed by atoms with E-state index in [9.17, 15) is 18.0 Å². The Morgan fingerprint density at radius 1 is 1.12 bits per heavy atom. The minimum Gasteiger partial charge on any atom is -0.493 e. The molecule has 0 fully saturated rings. The van der Waals surface area contributed by atoms with Crippen molar-refractivity contribution in [2.24, 2.45) is 0 Å². The van der Waals surface area contributed by atoms with Crippen LogP contribution in [0.1, 0.15) is 48.5 Å². The van der Waals surface area contributed by atoms with Crippen molar-refractivity contribution in [1.82, 2.24) is 0 Å². The Morgan fingerprint density at radius 2 is 1.80 bits per heavy atom. The molecule has 0 atom stereocenters. The van der Waals surface area contributed by atoms with Gasteiger partial charge in [0.05, 0.1) is 19.5 Å². The van der Waals surface area contributed by atoms with Crippen LogP contribution in [0, 0.1) is 0 Å². The summed E-state index contributed by atoms with van der Waals surface area (Å²) in [4.78, 5) is 22.2. The number of Topliss-reactive ketones (excluding diaryl/α,β-unsaturated/α-hetero) is 1. The van der Waals surface area contributed by atoms with Gasteiger partial charge in [-0.1, -0.05) is 0 Å². The van der Waals surface area contributed by atoms with Gasteiger partial charge in [-0.3, -0.25) is 13.8 Å². The number of aryl methyl sites for hydroxylation is 1. The van der Waals surface area contributed by atoms with Crippen molar-refractivity contribution in [1.29, 1.82) is 0 Å². The molecule has 7 nitrogen and oxygen atoms in total. The predicted molar refractivity (Wildman–Crippen MR) is 92.5 cm³/mol. The zero-order valence-electron chi connectivity index (χ0n) is 14.5. The van der Waals surface area contributed by atoms with Gasteiger partial charge in [0.15, 0.2) is 5.78 Å². The van der Waals surface area contributed by atoms with E-state index in [1.807, 2.05) is 0 Å². The Balaban J connectivity index is 2.50. The van der Waals surface area contributed by atoms with Crippen LogP contribution < -0.4 is 4.74 Å². The highest BCUT2D eigenvalue weighted by atomic mass is 32.2. The zero-order valence-corrected chi connectivity index (χ0v) is 15.3. The second-order valence-electron chi connectivity index (χ2n) is 5.71. The third-order valence-corrected chi connectivity index (χ3v) is 4.01. The number of benzene rings is 1. The van der Waals surface area contributed by atoms with Crippen molar-refractivity contribution in [2.75, 3.05) is 19.5 Å². The number of aliphatic carboxylic acids is 1. The molecule has 1 N–H and O–H groups in total. The SMILES string of the molecule is CC(=O)c1ccc(OCCCCCOS(C)(=O)=O)c(CCC(=O)O)c1. The number of hydrogen-bond acceptors (Lipinski definition) is 6. The van der Waals surface area contributed by atoms with E-state index in [-0.39, 0.29) is 25.2 Å². The van der Waals surface area contributed by atoms with Crippen LogP contribution in [-0.2, 0) is 25.5 Å². The van der Waals surface area contributed by atoms with Crippen molar-refractivity contribution >= 4 is 21.9 Å². The molecule has 0 saturated carbocycles. The molecule has 25 heavy (non-hydrogen) atoms. The molecule has 0 saturated heterocycles. The maximum atomic E-state index is 11.5. The molecule has 0 amide bonds. The van der Waals surface area contributed by atoms with E-state index in [1.54, 1.807) is 18.2 Å². The Labute approximate surface area is 148 Å². The van der Waals surface area contributed by atoms with Crippen molar-refractivity contribution in [3.05, 3.63) is 29.3 Å². The van der Waals surface area contributed by atoms with E-state index in [0.29, 0.717) is 36.3 Å². The van der Waals surface area contributed by atoms with Crippen molar-refractivity contribution < 1.29 is 32.0 Å². The Bertz CT molecular complexity index is 695. The highest BCUT2D eigenvalue weighted by Gasteiger charge is 2.10. The van der Waals surface area contributed by atoms with Gasteiger partial charge in [0.1, 0.15) is 5.75 Å². The number of ketones is 1. The second kappa shape index (κ2) is 10.1. The van der Waals surface area contributed by atoms with Crippen LogP contribution in [0.5, 0.6) is 5.75 Å². The number of hydrogen-bond donors (Lipinski definition) is 1. The average Bonchev–Trinajstić information content (AvgIpc) is 2.51. The van der Waals surface area contributed by atoms with Crippen molar-refractivity contribution in [2.45, 2.75) is 39.0 Å². The molecule has 1 rings (SSSR count). The number of carbonyl (C=O) groups is 2. The number of ether oxygens (including phenoxy) is 1. The number of carboxylic acid groups (broad SMARTS) is 1. The van der Waals surface area contributed by atoms with Crippen molar-refractivity contribution in [3.8, 4) is 5.75 Å². The highest BCUT2D eigenvalue weighted by Crippen LogP contribution is 2.22. The lowest BCUT2D eigenvalue weighted by Gasteiger charge is -2.12. The number of carboxylic acids is 1. The maximum absolute atomic E-state index is 11.5. The fourth-order valence-electron chi connectivity index (χ4n) is 2.15. The summed E-state index contributed by atoms with van der Waals surface area (Å²) in [5.41, 5.74) is 1.21. The fraction of sp³-hybridized carbons (Fsp3) is 0.529. The highest BCUT2D eigenvalue weighted by molar-refractivity contribution is 7.85. The normalized spacial score (nSPS) is 11.3. The molecule has 1 aromatic carbocycles. The van der Waals surface area contributed by atoms with Crippen LogP contribution in [-0.4, -0.2) is 44.7 Å². The van der Waals surface area contributed by atoms with E-state index in [1.165, 1.54) is 6.92 Å². The van der Waals surface area contributed by atoms with Crippen LogP contribution in [0.4, 0.5) is 0 Å². The topological polar surface area (TPSA) is 107 Å². The van der Waals surface area contributed by atoms with Gasteiger partial charge in [-0.25, -0.2) is 0 Å². The Hall–Kier alpha value is -1.93. The van der Waals surface area contributed by atoms with Gasteiger partial charge in [0.25, 0.3) is 10.1 Å². The summed E-state index contributed by atoms with van der Waals surface area (Å²) in [6, 6.07) is 5.00. The first-order chi connectivity index (χ1) is 11.7. The fourth-order valence-corrected chi connectivity index (χ4v) is 2.57. The first-order valence-corrected chi connectivity index (χ1v) is 9.83. The molecule has 0 radical (unpaired) electrons. The molecule has 0 aliphatic rings. The van der Waals surface area contributed by atoms with Crippen LogP contribution in [0.3, 0.4) is 0 Å². The first-order valence-electron chi connectivity index (χ1n) is 8.02. The van der Waals surface area contributed by atoms with E-state index in [0.717, 1.165) is 12.7 Å². The second-order valence-corrected chi connectivity index (χ2v) is 7.35. The van der Waals surface area contributed by atoms with Crippen LogP contribution >= 0.6 is 0 Å². The summed E-state index contributed by atoms with van der Waals surface area (Å²) in [6.45, 7) is 2.02. The van der Waals surface area contributed by atoms with Gasteiger partial charge in [-0.15, -0.1) is 0 Å². The molecule has 0 spiro atoms.